The van der Waals surface area contributed by atoms with Gasteiger partial charge in [-0.25, -0.2) is 13.4 Å². The number of benzene rings is 2. The number of aromatic amines is 1. The van der Waals surface area contributed by atoms with E-state index in [9.17, 15) is 21.6 Å². The summed E-state index contributed by atoms with van der Waals surface area (Å²) in [6, 6.07) is 13.3. The van der Waals surface area contributed by atoms with Gasteiger partial charge in [0.25, 0.3) is 10.0 Å². The molecule has 0 saturated carbocycles. The lowest BCUT2D eigenvalue weighted by Gasteiger charge is -2.25. The second-order valence-electron chi connectivity index (χ2n) is 9.58. The van der Waals surface area contributed by atoms with Gasteiger partial charge in [0.2, 0.25) is 5.82 Å². The average Bonchev–Trinajstić information content (AvgIpc) is 3.31. The van der Waals surface area contributed by atoms with E-state index in [1.54, 1.807) is 30.3 Å². The maximum atomic E-state index is 13.9. The molecule has 2 aromatic heterocycles. The number of aromatic nitrogens is 5. The highest BCUT2D eigenvalue weighted by molar-refractivity contribution is 7.92. The Labute approximate surface area is 210 Å². The average molecular weight is 530 g/mol. The van der Waals surface area contributed by atoms with Crippen molar-refractivity contribution in [2.75, 3.05) is 9.62 Å². The molecule has 0 radical (unpaired) electrons. The van der Waals surface area contributed by atoms with Crippen molar-refractivity contribution in [3.8, 4) is 11.4 Å². The van der Waals surface area contributed by atoms with Gasteiger partial charge in [0.1, 0.15) is 11.5 Å². The summed E-state index contributed by atoms with van der Waals surface area (Å²) in [5, 5.41) is 16.7. The summed E-state index contributed by atoms with van der Waals surface area (Å²) >= 11 is 0. The summed E-state index contributed by atoms with van der Waals surface area (Å²) in [5.74, 6) is 0.151. The van der Waals surface area contributed by atoms with Crippen LogP contribution in [0.3, 0.4) is 0 Å². The number of rotatable bonds is 3. The number of nitrogens with one attached hydrogen (secondary N) is 2. The molecular formula is C24H22F3N7O2S. The first-order chi connectivity index (χ1) is 17.3. The van der Waals surface area contributed by atoms with Crippen LogP contribution in [0.15, 0.2) is 59.5 Å². The van der Waals surface area contributed by atoms with Gasteiger partial charge in [0.05, 0.1) is 22.8 Å². The van der Waals surface area contributed by atoms with Gasteiger partial charge in [0.15, 0.2) is 0 Å². The number of alkyl halides is 3. The molecule has 0 bridgehead atoms. The minimum Gasteiger partial charge on any atom is -0.338 e. The molecule has 0 amide bonds. The van der Waals surface area contributed by atoms with Crippen LogP contribution in [-0.4, -0.2) is 34.0 Å². The van der Waals surface area contributed by atoms with Crippen molar-refractivity contribution in [2.24, 2.45) is 0 Å². The number of nitrogens with zero attached hydrogens (tertiary/aromatic N) is 5. The molecule has 0 atom stereocenters. The molecule has 0 unspecified atom stereocenters. The standard InChI is InChI=1S/C24H22F3N7O2S/c1-23(2,3)16-6-8-17(9-7-16)37(35,36)34-13-15-5-11-20(24(25,26)27)29-21(15)28-18-10-4-14(12-19(18)34)22-30-32-33-31-22/h4-12H,13H2,1-3H3,(H,28,29)(H,30,31,32,33). The van der Waals surface area contributed by atoms with Crippen LogP contribution in [0.1, 0.15) is 37.6 Å². The molecule has 3 heterocycles. The number of hydrogen-bond donors (Lipinski definition) is 2. The van der Waals surface area contributed by atoms with Gasteiger partial charge in [-0.3, -0.25) is 4.31 Å². The van der Waals surface area contributed by atoms with E-state index in [-0.39, 0.29) is 45.4 Å². The molecule has 9 nitrogen and oxygen atoms in total. The lowest BCUT2D eigenvalue weighted by molar-refractivity contribution is -0.141. The van der Waals surface area contributed by atoms with Crippen molar-refractivity contribution in [3.63, 3.8) is 0 Å². The van der Waals surface area contributed by atoms with E-state index in [0.717, 1.165) is 15.9 Å². The van der Waals surface area contributed by atoms with Crippen molar-refractivity contribution in [3.05, 3.63) is 71.4 Å². The molecule has 1 aliphatic heterocycles. The van der Waals surface area contributed by atoms with Crippen LogP contribution in [0.5, 0.6) is 0 Å². The maximum absolute atomic E-state index is 13.9. The van der Waals surface area contributed by atoms with Crippen molar-refractivity contribution in [1.82, 2.24) is 25.6 Å². The normalized spacial score (nSPS) is 13.9. The number of sulfonamides is 1. The van der Waals surface area contributed by atoms with Crippen LogP contribution in [-0.2, 0) is 28.2 Å². The van der Waals surface area contributed by atoms with E-state index in [1.165, 1.54) is 18.2 Å². The van der Waals surface area contributed by atoms with E-state index in [1.807, 2.05) is 20.8 Å². The van der Waals surface area contributed by atoms with Gasteiger partial charge in [-0.15, -0.1) is 10.2 Å². The van der Waals surface area contributed by atoms with E-state index in [0.29, 0.717) is 5.56 Å². The Morgan fingerprint density at radius 3 is 2.32 bits per heavy atom. The van der Waals surface area contributed by atoms with Crippen LogP contribution < -0.4 is 9.62 Å². The maximum Gasteiger partial charge on any atom is 0.433 e. The smallest absolute Gasteiger partial charge is 0.338 e. The minimum atomic E-state index is -4.66. The quantitative estimate of drug-likeness (QED) is 0.382. The second kappa shape index (κ2) is 8.54. The van der Waals surface area contributed by atoms with Crippen LogP contribution in [0.4, 0.5) is 30.4 Å². The monoisotopic (exact) mass is 529 g/mol. The molecule has 2 aromatic carbocycles. The molecular weight excluding hydrogens is 507 g/mol. The fourth-order valence-electron chi connectivity index (χ4n) is 3.98. The molecule has 1 aliphatic rings. The third-order valence-corrected chi connectivity index (χ3v) is 7.79. The Bertz CT molecular complexity index is 1560. The molecule has 4 aromatic rings. The summed E-state index contributed by atoms with van der Waals surface area (Å²) in [5.41, 5.74) is 0.895. The van der Waals surface area contributed by atoms with Gasteiger partial charge in [-0.1, -0.05) is 39.0 Å². The lowest BCUT2D eigenvalue weighted by atomic mass is 9.87. The Hall–Kier alpha value is -4.00. The molecule has 0 saturated heterocycles. The van der Waals surface area contributed by atoms with E-state index < -0.39 is 21.9 Å². The van der Waals surface area contributed by atoms with Crippen molar-refractivity contribution in [2.45, 2.75) is 43.8 Å². The minimum absolute atomic E-state index is 0.0414. The number of anilines is 3. The summed E-state index contributed by atoms with van der Waals surface area (Å²) in [4.78, 5) is 3.79. The summed E-state index contributed by atoms with van der Waals surface area (Å²) in [7, 11) is -4.15. The molecule has 0 fully saturated rings. The fourth-order valence-corrected chi connectivity index (χ4v) is 5.44. The van der Waals surface area contributed by atoms with Gasteiger partial charge in [0, 0.05) is 11.1 Å². The van der Waals surface area contributed by atoms with E-state index >= 15 is 0 Å². The van der Waals surface area contributed by atoms with Crippen molar-refractivity contribution in [1.29, 1.82) is 0 Å². The van der Waals surface area contributed by atoms with E-state index in [4.69, 9.17) is 0 Å². The Balaban J connectivity index is 1.67. The highest BCUT2D eigenvalue weighted by atomic mass is 32.2. The van der Waals surface area contributed by atoms with Crippen molar-refractivity contribution >= 4 is 27.2 Å². The zero-order valence-corrected chi connectivity index (χ0v) is 20.8. The predicted octanol–water partition coefficient (Wildman–Crippen LogP) is 5.03. The van der Waals surface area contributed by atoms with Gasteiger partial charge in [-0.2, -0.15) is 18.4 Å². The molecule has 0 aliphatic carbocycles. The number of halogens is 3. The van der Waals surface area contributed by atoms with Gasteiger partial charge < -0.3 is 5.32 Å². The first kappa shape index (κ1) is 24.7. The first-order valence-electron chi connectivity index (χ1n) is 11.2. The lowest BCUT2D eigenvalue weighted by Crippen LogP contribution is -2.30. The van der Waals surface area contributed by atoms with E-state index in [2.05, 4.69) is 30.9 Å². The predicted molar refractivity (Wildman–Crippen MR) is 131 cm³/mol. The topological polar surface area (TPSA) is 117 Å². The number of hydrogen-bond acceptors (Lipinski definition) is 7. The first-order valence-corrected chi connectivity index (χ1v) is 12.6. The zero-order chi connectivity index (χ0) is 26.6. The third-order valence-electron chi connectivity index (χ3n) is 6.01. The molecule has 192 valence electrons. The van der Waals surface area contributed by atoms with Crippen LogP contribution in [0, 0.1) is 0 Å². The molecule has 13 heteroatoms. The summed E-state index contributed by atoms with van der Waals surface area (Å²) in [6.07, 6.45) is -4.66. The largest absolute Gasteiger partial charge is 0.433 e. The number of tetrazole rings is 1. The molecule has 2 N–H and O–H groups in total. The Kier molecular flexibility index (Phi) is 5.70. The highest BCUT2D eigenvalue weighted by Gasteiger charge is 2.36. The van der Waals surface area contributed by atoms with Crippen LogP contribution >= 0.6 is 0 Å². The number of fused-ring (bicyclic) bond motifs is 2. The summed E-state index contributed by atoms with van der Waals surface area (Å²) < 4.78 is 69.1. The van der Waals surface area contributed by atoms with Gasteiger partial charge in [-0.05, 0) is 52.6 Å². The number of H-pyrrole nitrogens is 1. The molecule has 5 rings (SSSR count). The Morgan fingerprint density at radius 2 is 1.70 bits per heavy atom. The molecule has 0 spiro atoms. The number of pyridine rings is 1. The van der Waals surface area contributed by atoms with Crippen LogP contribution in [0.2, 0.25) is 0 Å². The fraction of sp³-hybridized carbons (Fsp3) is 0.250. The van der Waals surface area contributed by atoms with Gasteiger partial charge >= 0.3 is 6.18 Å². The summed E-state index contributed by atoms with van der Waals surface area (Å²) in [6.45, 7) is 5.81. The highest BCUT2D eigenvalue weighted by Crippen LogP contribution is 2.41. The second-order valence-corrected chi connectivity index (χ2v) is 11.4. The molecule has 37 heavy (non-hydrogen) atoms. The zero-order valence-electron chi connectivity index (χ0n) is 20.0. The van der Waals surface area contributed by atoms with Crippen LogP contribution in [0.25, 0.3) is 11.4 Å². The van der Waals surface area contributed by atoms with Crippen molar-refractivity contribution < 1.29 is 21.6 Å². The third kappa shape index (κ3) is 4.61. The SMILES string of the molecule is CC(C)(C)c1ccc(S(=O)(=O)N2Cc3ccc(C(F)(F)F)nc3Nc3ccc(-c4nn[nH]n4)cc32)cc1. The Morgan fingerprint density at radius 1 is 0.973 bits per heavy atom.